The zero-order valence-corrected chi connectivity index (χ0v) is 4.60. The fourth-order valence-electron chi connectivity index (χ4n) is 0.448. The van der Waals surface area contributed by atoms with E-state index >= 15 is 0 Å². The van der Waals surface area contributed by atoms with Crippen LogP contribution in [0, 0.1) is 6.92 Å². The van der Waals surface area contributed by atoms with E-state index in [1.165, 1.54) is 12.1 Å². The largest absolute Gasteiger partial charge is 0.508 e. The van der Waals surface area contributed by atoms with E-state index in [-0.39, 0.29) is 17.8 Å². The normalized spacial score (nSPS) is 12.6. The molecule has 42 valence electrons. The lowest BCUT2D eigenvalue weighted by molar-refractivity contribution is 0.475. The lowest BCUT2D eigenvalue weighted by atomic mass is 10.2. The second-order valence-corrected chi connectivity index (χ2v) is 1.67. The summed E-state index contributed by atoms with van der Waals surface area (Å²) >= 11 is 0. The Morgan fingerprint density at radius 1 is 1.50 bits per heavy atom. The Balaban J connectivity index is 3.31. The third-order valence-electron chi connectivity index (χ3n) is 0.873. The summed E-state index contributed by atoms with van der Waals surface area (Å²) in [7, 11) is 0. The van der Waals surface area contributed by atoms with Gasteiger partial charge in [-0.25, -0.2) is 0 Å². The van der Waals surface area contributed by atoms with Crippen LogP contribution in [0.25, 0.3) is 0 Å². The minimum atomic E-state index is -0.245. The number of aryl methyl sites for hydroxylation is 1. The van der Waals surface area contributed by atoms with Gasteiger partial charge in [0.15, 0.2) is 0 Å². The third-order valence-corrected chi connectivity index (χ3v) is 0.873. The van der Waals surface area contributed by atoms with Gasteiger partial charge in [-0.1, -0.05) is 17.7 Å². The summed E-state index contributed by atoms with van der Waals surface area (Å²) in [4.78, 5) is 0. The van der Waals surface area contributed by atoms with Crippen LogP contribution in [0.1, 0.15) is 8.30 Å². The standard InChI is InChI=1S/C7H8O/c1-6-2-4-7(8)5-3-6/h2-5,8H,1H3/i4D,5D. The Morgan fingerprint density at radius 3 is 2.50 bits per heavy atom. The predicted octanol–water partition coefficient (Wildman–Crippen LogP) is 1.70. The number of hydrogen-bond acceptors (Lipinski definition) is 1. The fourth-order valence-corrected chi connectivity index (χ4v) is 0.448. The Labute approximate surface area is 51.4 Å². The first kappa shape index (κ1) is 3.13. The maximum absolute atomic E-state index is 8.96. The lowest BCUT2D eigenvalue weighted by Crippen LogP contribution is -1.66. The maximum atomic E-state index is 8.96. The molecule has 0 saturated heterocycles. The summed E-state index contributed by atoms with van der Waals surface area (Å²) in [6.45, 7) is 1.79. The molecule has 0 fully saturated rings. The van der Waals surface area contributed by atoms with E-state index < -0.39 is 0 Å². The highest BCUT2D eigenvalue weighted by molar-refractivity contribution is 5.24. The van der Waals surface area contributed by atoms with Crippen molar-refractivity contribution in [3.8, 4) is 5.75 Å². The molecule has 0 radical (unpaired) electrons. The van der Waals surface area contributed by atoms with Crippen molar-refractivity contribution in [1.82, 2.24) is 0 Å². The molecular formula is C7H8O. The van der Waals surface area contributed by atoms with E-state index in [9.17, 15) is 0 Å². The highest BCUT2D eigenvalue weighted by Crippen LogP contribution is 2.07. The van der Waals surface area contributed by atoms with Crippen LogP contribution in [-0.4, -0.2) is 5.11 Å². The van der Waals surface area contributed by atoms with E-state index in [0.717, 1.165) is 5.56 Å². The Kier molecular flexibility index (Phi) is 0.729. The minimum Gasteiger partial charge on any atom is -0.508 e. The molecule has 8 heavy (non-hydrogen) atoms. The van der Waals surface area contributed by atoms with Crippen LogP contribution >= 0.6 is 0 Å². The van der Waals surface area contributed by atoms with Gasteiger partial charge in [-0.05, 0) is 19.0 Å². The van der Waals surface area contributed by atoms with E-state index in [0.29, 0.717) is 0 Å². The number of aromatic hydroxyl groups is 1. The van der Waals surface area contributed by atoms with Gasteiger partial charge in [0.2, 0.25) is 0 Å². The molecule has 0 spiro atoms. The molecule has 1 aromatic rings. The first-order valence-electron chi connectivity index (χ1n) is 3.38. The molecular weight excluding hydrogens is 100 g/mol. The third kappa shape index (κ3) is 0.997. The highest BCUT2D eigenvalue weighted by atomic mass is 16.3. The number of hydrogen-bond donors (Lipinski definition) is 1. The molecule has 0 aromatic heterocycles. The molecule has 0 aliphatic rings. The van der Waals surface area contributed by atoms with Crippen molar-refractivity contribution in [2.75, 3.05) is 0 Å². The molecule has 0 atom stereocenters. The van der Waals surface area contributed by atoms with Gasteiger partial charge in [-0.2, -0.15) is 0 Å². The number of phenolic OH excluding ortho intramolecular Hbond substituents is 1. The molecule has 1 aromatic carbocycles. The zero-order chi connectivity index (χ0) is 7.72. The summed E-state index contributed by atoms with van der Waals surface area (Å²) in [6, 6.07) is 3.08. The van der Waals surface area contributed by atoms with Gasteiger partial charge in [0, 0.05) is 0 Å². The maximum Gasteiger partial charge on any atom is 0.115 e. The summed E-state index contributed by atoms with van der Waals surface area (Å²) in [5.74, 6) is -0.245. The lowest BCUT2D eigenvalue weighted by Gasteiger charge is -1.89. The van der Waals surface area contributed by atoms with E-state index in [1.807, 2.05) is 0 Å². The van der Waals surface area contributed by atoms with Crippen molar-refractivity contribution in [3.63, 3.8) is 0 Å². The average molecular weight is 110 g/mol. The second kappa shape index (κ2) is 1.86. The smallest absolute Gasteiger partial charge is 0.115 e. The van der Waals surface area contributed by atoms with Crippen LogP contribution in [0.5, 0.6) is 5.75 Å². The van der Waals surface area contributed by atoms with Crippen LogP contribution < -0.4 is 0 Å². The summed E-state index contributed by atoms with van der Waals surface area (Å²) in [5.41, 5.74) is 0.827. The Morgan fingerprint density at radius 2 is 2.00 bits per heavy atom. The van der Waals surface area contributed by atoms with Crippen molar-refractivity contribution >= 4 is 0 Å². The average Bonchev–Trinajstić information content (AvgIpc) is 1.82. The molecule has 0 unspecified atom stereocenters. The molecule has 0 aliphatic heterocycles. The van der Waals surface area contributed by atoms with Crippen LogP contribution in [0.3, 0.4) is 0 Å². The van der Waals surface area contributed by atoms with Crippen molar-refractivity contribution in [2.45, 2.75) is 6.92 Å². The van der Waals surface area contributed by atoms with Gasteiger partial charge in [0.25, 0.3) is 0 Å². The first-order chi connectivity index (χ1) is 4.61. The topological polar surface area (TPSA) is 20.2 Å². The second-order valence-electron chi connectivity index (χ2n) is 1.67. The van der Waals surface area contributed by atoms with Gasteiger partial charge in [0.05, 0.1) is 2.74 Å². The number of benzene rings is 1. The van der Waals surface area contributed by atoms with Crippen LogP contribution in [0.15, 0.2) is 24.2 Å². The minimum absolute atomic E-state index is 0.0185. The summed E-state index contributed by atoms with van der Waals surface area (Å²) < 4.78 is 14.3. The van der Waals surface area contributed by atoms with Crippen molar-refractivity contribution in [2.24, 2.45) is 0 Å². The highest BCUT2D eigenvalue weighted by Gasteiger charge is 1.82. The molecule has 0 bridgehead atoms. The van der Waals surface area contributed by atoms with E-state index in [1.54, 1.807) is 6.92 Å². The predicted molar refractivity (Wildman–Crippen MR) is 32.8 cm³/mol. The van der Waals surface area contributed by atoms with Crippen LogP contribution in [0.4, 0.5) is 0 Å². The molecule has 0 aliphatic carbocycles. The van der Waals surface area contributed by atoms with E-state index in [2.05, 4.69) is 0 Å². The van der Waals surface area contributed by atoms with Gasteiger partial charge >= 0.3 is 0 Å². The molecule has 0 amide bonds. The quantitative estimate of drug-likeness (QED) is 0.539. The zero-order valence-electron chi connectivity index (χ0n) is 6.60. The molecule has 1 nitrogen and oxygen atoms in total. The Hall–Kier alpha value is -0.980. The Bertz CT molecular complexity index is 235. The van der Waals surface area contributed by atoms with Crippen LogP contribution in [-0.2, 0) is 0 Å². The van der Waals surface area contributed by atoms with Gasteiger partial charge in [-0.15, -0.1) is 0 Å². The molecule has 1 rings (SSSR count). The molecule has 1 heteroatoms. The van der Waals surface area contributed by atoms with E-state index in [4.69, 9.17) is 7.85 Å². The first-order valence-corrected chi connectivity index (χ1v) is 2.38. The molecule has 0 saturated carbocycles. The van der Waals surface area contributed by atoms with Crippen LogP contribution in [0.2, 0.25) is 0 Å². The van der Waals surface area contributed by atoms with Gasteiger partial charge in [-0.3, -0.25) is 0 Å². The van der Waals surface area contributed by atoms with Gasteiger partial charge in [0.1, 0.15) is 5.75 Å². The molecule has 1 N–H and O–H groups in total. The monoisotopic (exact) mass is 110 g/mol. The fraction of sp³-hybridized carbons (Fsp3) is 0.143. The molecule has 0 heterocycles. The number of phenols is 1. The number of rotatable bonds is 0. The van der Waals surface area contributed by atoms with Crippen molar-refractivity contribution in [1.29, 1.82) is 0 Å². The van der Waals surface area contributed by atoms with Gasteiger partial charge < -0.3 is 5.11 Å². The van der Waals surface area contributed by atoms with Crippen molar-refractivity contribution < 1.29 is 7.85 Å². The summed E-state index contributed by atoms with van der Waals surface area (Å²) in [6.07, 6.45) is 0. The summed E-state index contributed by atoms with van der Waals surface area (Å²) in [5, 5.41) is 8.96. The van der Waals surface area contributed by atoms with Crippen molar-refractivity contribution in [3.05, 3.63) is 29.8 Å². The SMILES string of the molecule is [2H]c1cc(C)cc([2H])c1O.